The number of hydrogen-bond acceptors (Lipinski definition) is 7. The number of carbonyl (C=O) groups excluding carboxylic acids is 3. The van der Waals surface area contributed by atoms with Gasteiger partial charge in [0.2, 0.25) is 0 Å². The summed E-state index contributed by atoms with van der Waals surface area (Å²) in [6, 6.07) is 13.4. The average molecular weight is 459 g/mol. The quantitative estimate of drug-likeness (QED) is 0.458. The largest absolute Gasteiger partial charge is 0.497 e. The molecule has 2 amide bonds. The van der Waals surface area contributed by atoms with Crippen molar-refractivity contribution in [1.29, 1.82) is 0 Å². The van der Waals surface area contributed by atoms with Crippen molar-refractivity contribution >= 4 is 18.2 Å². The highest BCUT2D eigenvalue weighted by Gasteiger charge is 2.35. The number of hydrogen-bond donors (Lipinski definition) is 2. The molecule has 0 saturated heterocycles. The number of nitrogens with one attached hydrogen (secondary N) is 2. The number of ether oxygens (including phenoxy) is 4. The predicted octanol–water partition coefficient (Wildman–Crippen LogP) is 3.73. The van der Waals surface area contributed by atoms with Gasteiger partial charge in [-0.2, -0.15) is 0 Å². The lowest BCUT2D eigenvalue weighted by atomic mass is 9.99. The monoisotopic (exact) mass is 458 g/mol. The lowest BCUT2D eigenvalue weighted by Crippen LogP contribution is -2.51. The lowest BCUT2D eigenvalue weighted by Gasteiger charge is -2.28. The first-order chi connectivity index (χ1) is 15.6. The van der Waals surface area contributed by atoms with Gasteiger partial charge in [0.05, 0.1) is 20.3 Å². The molecule has 9 nitrogen and oxygen atoms in total. The molecular weight excluding hydrogens is 428 g/mol. The molecule has 0 saturated carbocycles. The first-order valence-electron chi connectivity index (χ1n) is 10.3. The van der Waals surface area contributed by atoms with Crippen LogP contribution in [0.2, 0.25) is 0 Å². The summed E-state index contributed by atoms with van der Waals surface area (Å²) >= 11 is 0. The van der Waals surface area contributed by atoms with Crippen molar-refractivity contribution in [3.05, 3.63) is 65.7 Å². The molecule has 178 valence electrons. The molecule has 0 aromatic heterocycles. The second-order valence-electron chi connectivity index (χ2n) is 8.10. The standard InChI is InChI=1S/C24H30N2O7/c1-24(2,3)33-23(29)25-19(17-11-13-18(30-4)14-12-17)20(21(27)31-5)26-22(28)32-15-16-9-7-6-8-10-16/h6-14,19-20H,15H2,1-5H3,(H,25,29)(H,26,28)/t19-,20+/m1/s1. The fourth-order valence-electron chi connectivity index (χ4n) is 2.90. The van der Waals surface area contributed by atoms with E-state index < -0.39 is 35.8 Å². The average Bonchev–Trinajstić information content (AvgIpc) is 2.79. The molecule has 0 unspecified atom stereocenters. The van der Waals surface area contributed by atoms with Crippen LogP contribution in [0.15, 0.2) is 54.6 Å². The van der Waals surface area contributed by atoms with E-state index in [2.05, 4.69) is 10.6 Å². The molecule has 2 aromatic carbocycles. The third kappa shape index (κ3) is 8.36. The van der Waals surface area contributed by atoms with Gasteiger partial charge in [-0.25, -0.2) is 14.4 Å². The van der Waals surface area contributed by atoms with E-state index in [-0.39, 0.29) is 6.61 Å². The number of rotatable bonds is 8. The number of methoxy groups -OCH3 is 2. The lowest BCUT2D eigenvalue weighted by molar-refractivity contribution is -0.143. The van der Waals surface area contributed by atoms with Gasteiger partial charge < -0.3 is 29.6 Å². The van der Waals surface area contributed by atoms with Crippen LogP contribution in [0.25, 0.3) is 0 Å². The van der Waals surface area contributed by atoms with E-state index >= 15 is 0 Å². The number of esters is 1. The minimum atomic E-state index is -1.29. The van der Waals surface area contributed by atoms with Gasteiger partial charge in [0, 0.05) is 0 Å². The van der Waals surface area contributed by atoms with Gasteiger partial charge in [-0.05, 0) is 44.0 Å². The van der Waals surface area contributed by atoms with Crippen LogP contribution in [0.5, 0.6) is 5.75 Å². The molecule has 2 atom stereocenters. The number of benzene rings is 2. The van der Waals surface area contributed by atoms with E-state index in [9.17, 15) is 14.4 Å². The molecule has 0 aliphatic heterocycles. The molecule has 0 bridgehead atoms. The van der Waals surface area contributed by atoms with Crippen LogP contribution >= 0.6 is 0 Å². The van der Waals surface area contributed by atoms with Crippen molar-refractivity contribution in [2.45, 2.75) is 45.1 Å². The highest BCUT2D eigenvalue weighted by molar-refractivity contribution is 5.83. The van der Waals surface area contributed by atoms with Crippen LogP contribution in [-0.2, 0) is 25.6 Å². The molecule has 0 aliphatic rings. The maximum atomic E-state index is 12.6. The number of amides is 2. The zero-order valence-corrected chi connectivity index (χ0v) is 19.4. The Kier molecular flexibility index (Phi) is 9.08. The fourth-order valence-corrected chi connectivity index (χ4v) is 2.90. The maximum Gasteiger partial charge on any atom is 0.408 e. The molecule has 0 heterocycles. The van der Waals surface area contributed by atoms with Crippen molar-refractivity contribution in [2.24, 2.45) is 0 Å². The highest BCUT2D eigenvalue weighted by Crippen LogP contribution is 2.22. The summed E-state index contributed by atoms with van der Waals surface area (Å²) in [5, 5.41) is 5.14. The molecular formula is C24H30N2O7. The molecule has 2 N–H and O–H groups in total. The van der Waals surface area contributed by atoms with E-state index in [4.69, 9.17) is 18.9 Å². The minimum absolute atomic E-state index is 0.00721. The smallest absolute Gasteiger partial charge is 0.408 e. The van der Waals surface area contributed by atoms with E-state index in [1.54, 1.807) is 57.2 Å². The Bertz CT molecular complexity index is 924. The van der Waals surface area contributed by atoms with Crippen molar-refractivity contribution in [1.82, 2.24) is 10.6 Å². The molecule has 2 rings (SSSR count). The topological polar surface area (TPSA) is 112 Å². The van der Waals surface area contributed by atoms with Gasteiger partial charge in [0.1, 0.15) is 18.0 Å². The Labute approximate surface area is 193 Å². The molecule has 9 heteroatoms. The first-order valence-corrected chi connectivity index (χ1v) is 10.3. The van der Waals surface area contributed by atoms with E-state index in [1.807, 2.05) is 18.2 Å². The second kappa shape index (κ2) is 11.8. The molecule has 0 fully saturated rings. The van der Waals surface area contributed by atoms with Crippen LogP contribution in [0, 0.1) is 0 Å². The summed E-state index contributed by atoms with van der Waals surface area (Å²) in [6.07, 6.45) is -1.62. The summed E-state index contributed by atoms with van der Waals surface area (Å²) in [5.41, 5.74) is 0.526. The molecule has 0 radical (unpaired) electrons. The Morgan fingerprint density at radius 2 is 1.52 bits per heavy atom. The van der Waals surface area contributed by atoms with Gasteiger partial charge >= 0.3 is 18.2 Å². The fraction of sp³-hybridized carbons (Fsp3) is 0.375. The van der Waals surface area contributed by atoms with Crippen LogP contribution in [-0.4, -0.2) is 44.0 Å². The van der Waals surface area contributed by atoms with Gasteiger partial charge in [-0.15, -0.1) is 0 Å². The molecule has 0 aliphatic carbocycles. The van der Waals surface area contributed by atoms with Crippen LogP contribution < -0.4 is 15.4 Å². The van der Waals surface area contributed by atoms with Crippen molar-refractivity contribution in [2.75, 3.05) is 14.2 Å². The SMILES string of the molecule is COC(=O)[C@@H](NC(=O)OCc1ccccc1)[C@H](NC(=O)OC(C)(C)C)c1ccc(OC)cc1. The van der Waals surface area contributed by atoms with E-state index in [1.165, 1.54) is 14.2 Å². The number of carbonyl (C=O) groups is 3. The minimum Gasteiger partial charge on any atom is -0.497 e. The highest BCUT2D eigenvalue weighted by atomic mass is 16.6. The normalized spacial score (nSPS) is 12.6. The third-order valence-electron chi connectivity index (χ3n) is 4.42. The Morgan fingerprint density at radius 1 is 0.879 bits per heavy atom. The van der Waals surface area contributed by atoms with Crippen molar-refractivity contribution in [3.8, 4) is 5.75 Å². The zero-order chi connectivity index (χ0) is 24.4. The summed E-state index contributed by atoms with van der Waals surface area (Å²) < 4.78 is 20.6. The zero-order valence-electron chi connectivity index (χ0n) is 19.4. The summed E-state index contributed by atoms with van der Waals surface area (Å²) in [7, 11) is 2.71. The molecule has 2 aromatic rings. The van der Waals surface area contributed by atoms with Crippen LogP contribution in [0.1, 0.15) is 37.9 Å². The van der Waals surface area contributed by atoms with Gasteiger partial charge in [-0.1, -0.05) is 42.5 Å². The summed E-state index contributed by atoms with van der Waals surface area (Å²) in [5.74, 6) is -0.192. The van der Waals surface area contributed by atoms with Crippen molar-refractivity contribution in [3.63, 3.8) is 0 Å². The second-order valence-corrected chi connectivity index (χ2v) is 8.10. The Hall–Kier alpha value is -3.75. The Morgan fingerprint density at radius 3 is 2.06 bits per heavy atom. The van der Waals surface area contributed by atoms with E-state index in [0.29, 0.717) is 11.3 Å². The van der Waals surface area contributed by atoms with E-state index in [0.717, 1.165) is 5.56 Å². The molecule has 0 spiro atoms. The Balaban J connectivity index is 2.26. The van der Waals surface area contributed by atoms with Gasteiger partial charge in [0.15, 0.2) is 6.04 Å². The third-order valence-corrected chi connectivity index (χ3v) is 4.42. The predicted molar refractivity (Wildman–Crippen MR) is 121 cm³/mol. The first kappa shape index (κ1) is 25.5. The maximum absolute atomic E-state index is 12.6. The van der Waals surface area contributed by atoms with Crippen LogP contribution in [0.3, 0.4) is 0 Å². The summed E-state index contributed by atoms with van der Waals surface area (Å²) in [6.45, 7) is 5.15. The summed E-state index contributed by atoms with van der Waals surface area (Å²) in [4.78, 5) is 37.6. The van der Waals surface area contributed by atoms with Crippen LogP contribution in [0.4, 0.5) is 9.59 Å². The molecule has 33 heavy (non-hydrogen) atoms. The van der Waals surface area contributed by atoms with Gasteiger partial charge in [0.25, 0.3) is 0 Å². The van der Waals surface area contributed by atoms with Crippen molar-refractivity contribution < 1.29 is 33.3 Å². The van der Waals surface area contributed by atoms with Gasteiger partial charge in [-0.3, -0.25) is 0 Å². The number of alkyl carbamates (subject to hydrolysis) is 2.